The van der Waals surface area contributed by atoms with Crippen LogP contribution in [0.15, 0.2) is 29.6 Å². The molecule has 0 aliphatic heterocycles. The number of aryl methyl sites for hydroxylation is 3. The Kier molecular flexibility index (Phi) is 5.38. The zero-order valence-corrected chi connectivity index (χ0v) is 13.8. The minimum absolute atomic E-state index is 0.434. The first kappa shape index (κ1) is 15.3. The summed E-state index contributed by atoms with van der Waals surface area (Å²) in [6.07, 6.45) is 2.24. The first-order valence-corrected chi connectivity index (χ1v) is 8.33. The van der Waals surface area contributed by atoms with Crippen molar-refractivity contribution in [3.8, 4) is 0 Å². The molecular formula is C18H25NS. The third-order valence-electron chi connectivity index (χ3n) is 3.93. The summed E-state index contributed by atoms with van der Waals surface area (Å²) in [6.45, 7) is 9.89. The summed E-state index contributed by atoms with van der Waals surface area (Å²) in [5.74, 6) is 0. The molecule has 20 heavy (non-hydrogen) atoms. The Labute approximate surface area is 127 Å². The minimum Gasteiger partial charge on any atom is -0.310 e. The van der Waals surface area contributed by atoms with Crippen LogP contribution in [0.3, 0.4) is 0 Å². The van der Waals surface area contributed by atoms with Gasteiger partial charge >= 0.3 is 0 Å². The third kappa shape index (κ3) is 3.71. The SMILES string of the molecule is CCCNC(Cc1ccc(C)c(C)c1)c1ccsc1C. The number of thiophene rings is 1. The lowest BCUT2D eigenvalue weighted by atomic mass is 9.97. The molecule has 2 rings (SSSR count). The molecule has 2 heteroatoms. The molecule has 0 aliphatic rings. The molecule has 1 unspecified atom stereocenters. The van der Waals surface area contributed by atoms with Crippen molar-refractivity contribution in [3.05, 3.63) is 56.8 Å². The van der Waals surface area contributed by atoms with Crippen molar-refractivity contribution in [2.24, 2.45) is 0 Å². The molecule has 1 N–H and O–H groups in total. The Bertz CT molecular complexity index is 556. The second kappa shape index (κ2) is 7.05. The Hall–Kier alpha value is -1.12. The van der Waals surface area contributed by atoms with Crippen molar-refractivity contribution in [2.45, 2.75) is 46.6 Å². The normalized spacial score (nSPS) is 12.6. The summed E-state index contributed by atoms with van der Waals surface area (Å²) >= 11 is 1.84. The molecule has 2 aromatic rings. The van der Waals surface area contributed by atoms with Gasteiger partial charge in [0.15, 0.2) is 0 Å². The Morgan fingerprint density at radius 3 is 2.50 bits per heavy atom. The van der Waals surface area contributed by atoms with Gasteiger partial charge in [0.2, 0.25) is 0 Å². The van der Waals surface area contributed by atoms with E-state index in [1.807, 2.05) is 11.3 Å². The first-order valence-electron chi connectivity index (χ1n) is 7.45. The van der Waals surface area contributed by atoms with Gasteiger partial charge in [-0.2, -0.15) is 0 Å². The van der Waals surface area contributed by atoms with Crippen LogP contribution in [0.4, 0.5) is 0 Å². The van der Waals surface area contributed by atoms with Gasteiger partial charge in [0.05, 0.1) is 0 Å². The van der Waals surface area contributed by atoms with Crippen LogP contribution in [-0.4, -0.2) is 6.54 Å². The van der Waals surface area contributed by atoms with E-state index >= 15 is 0 Å². The third-order valence-corrected chi connectivity index (χ3v) is 4.79. The predicted molar refractivity (Wildman–Crippen MR) is 89.7 cm³/mol. The van der Waals surface area contributed by atoms with Crippen molar-refractivity contribution in [1.82, 2.24) is 5.32 Å². The molecule has 0 bridgehead atoms. The molecule has 108 valence electrons. The highest BCUT2D eigenvalue weighted by molar-refractivity contribution is 7.10. The second-order valence-corrected chi connectivity index (χ2v) is 6.68. The maximum Gasteiger partial charge on any atom is 0.0371 e. The van der Waals surface area contributed by atoms with Gasteiger partial charge in [-0.05, 0) is 73.9 Å². The van der Waals surface area contributed by atoms with Crippen LogP contribution in [0.1, 0.15) is 46.5 Å². The van der Waals surface area contributed by atoms with Gasteiger partial charge in [-0.15, -0.1) is 11.3 Å². The summed E-state index contributed by atoms with van der Waals surface area (Å²) in [4.78, 5) is 1.43. The topological polar surface area (TPSA) is 12.0 Å². The van der Waals surface area contributed by atoms with Crippen LogP contribution in [0, 0.1) is 20.8 Å². The minimum atomic E-state index is 0.434. The van der Waals surface area contributed by atoms with E-state index in [0.717, 1.165) is 13.0 Å². The van der Waals surface area contributed by atoms with E-state index in [9.17, 15) is 0 Å². The first-order chi connectivity index (χ1) is 9.61. The molecule has 0 saturated heterocycles. The van der Waals surface area contributed by atoms with Gasteiger partial charge in [0.1, 0.15) is 0 Å². The summed E-state index contributed by atoms with van der Waals surface area (Å²) in [5, 5.41) is 5.90. The van der Waals surface area contributed by atoms with E-state index in [-0.39, 0.29) is 0 Å². The Morgan fingerprint density at radius 2 is 1.90 bits per heavy atom. The molecule has 0 radical (unpaired) electrons. The van der Waals surface area contributed by atoms with E-state index in [1.165, 1.54) is 33.6 Å². The van der Waals surface area contributed by atoms with E-state index in [2.05, 4.69) is 62.7 Å². The highest BCUT2D eigenvalue weighted by Crippen LogP contribution is 2.26. The fourth-order valence-electron chi connectivity index (χ4n) is 2.53. The fourth-order valence-corrected chi connectivity index (χ4v) is 3.30. The monoisotopic (exact) mass is 287 g/mol. The van der Waals surface area contributed by atoms with Crippen LogP contribution < -0.4 is 5.32 Å². The highest BCUT2D eigenvalue weighted by atomic mass is 32.1. The molecule has 0 spiro atoms. The standard InChI is InChI=1S/C18H25NS/c1-5-9-19-18(17-8-10-20-15(17)4)12-16-7-6-13(2)14(3)11-16/h6-8,10-11,18-19H,5,9,12H2,1-4H3. The van der Waals surface area contributed by atoms with Gasteiger partial charge in [-0.25, -0.2) is 0 Å². The summed E-state index contributed by atoms with van der Waals surface area (Å²) in [7, 11) is 0. The van der Waals surface area contributed by atoms with Crippen LogP contribution >= 0.6 is 11.3 Å². The largest absolute Gasteiger partial charge is 0.310 e. The van der Waals surface area contributed by atoms with E-state index in [1.54, 1.807) is 0 Å². The lowest BCUT2D eigenvalue weighted by molar-refractivity contribution is 0.528. The maximum absolute atomic E-state index is 3.70. The zero-order chi connectivity index (χ0) is 14.5. The lowest BCUT2D eigenvalue weighted by Gasteiger charge is -2.19. The van der Waals surface area contributed by atoms with Crippen LogP contribution in [0.5, 0.6) is 0 Å². The number of benzene rings is 1. The fraction of sp³-hybridized carbons (Fsp3) is 0.444. The van der Waals surface area contributed by atoms with Gasteiger partial charge in [-0.1, -0.05) is 25.1 Å². The van der Waals surface area contributed by atoms with Gasteiger partial charge < -0.3 is 5.32 Å². The average molecular weight is 287 g/mol. The Morgan fingerprint density at radius 1 is 1.10 bits per heavy atom. The van der Waals surface area contributed by atoms with Crippen molar-refractivity contribution < 1.29 is 0 Å². The molecule has 1 aromatic carbocycles. The van der Waals surface area contributed by atoms with Crippen LogP contribution in [0.2, 0.25) is 0 Å². The van der Waals surface area contributed by atoms with Crippen LogP contribution in [-0.2, 0) is 6.42 Å². The van der Waals surface area contributed by atoms with E-state index in [4.69, 9.17) is 0 Å². The maximum atomic E-state index is 3.70. The number of hydrogen-bond donors (Lipinski definition) is 1. The second-order valence-electron chi connectivity index (χ2n) is 5.56. The van der Waals surface area contributed by atoms with Crippen molar-refractivity contribution in [3.63, 3.8) is 0 Å². The van der Waals surface area contributed by atoms with Gasteiger partial charge in [0, 0.05) is 10.9 Å². The van der Waals surface area contributed by atoms with Crippen molar-refractivity contribution in [1.29, 1.82) is 0 Å². The van der Waals surface area contributed by atoms with Gasteiger partial charge in [0.25, 0.3) is 0 Å². The molecule has 0 fully saturated rings. The number of nitrogens with one attached hydrogen (secondary N) is 1. The molecule has 1 aromatic heterocycles. The summed E-state index contributed by atoms with van der Waals surface area (Å²) in [5.41, 5.74) is 5.64. The van der Waals surface area contributed by atoms with Crippen molar-refractivity contribution in [2.75, 3.05) is 6.54 Å². The molecule has 1 nitrogen and oxygen atoms in total. The number of rotatable bonds is 6. The average Bonchev–Trinajstić information content (AvgIpc) is 2.85. The van der Waals surface area contributed by atoms with Gasteiger partial charge in [-0.3, -0.25) is 0 Å². The molecule has 1 heterocycles. The Balaban J connectivity index is 2.19. The highest BCUT2D eigenvalue weighted by Gasteiger charge is 2.14. The predicted octanol–water partition coefficient (Wildman–Crippen LogP) is 4.96. The summed E-state index contributed by atoms with van der Waals surface area (Å²) < 4.78 is 0. The molecular weight excluding hydrogens is 262 g/mol. The molecule has 0 amide bonds. The lowest BCUT2D eigenvalue weighted by Crippen LogP contribution is -2.24. The van der Waals surface area contributed by atoms with Crippen LogP contribution in [0.25, 0.3) is 0 Å². The quantitative estimate of drug-likeness (QED) is 0.792. The molecule has 0 aliphatic carbocycles. The van der Waals surface area contributed by atoms with E-state index < -0.39 is 0 Å². The smallest absolute Gasteiger partial charge is 0.0371 e. The van der Waals surface area contributed by atoms with Crippen molar-refractivity contribution >= 4 is 11.3 Å². The number of hydrogen-bond acceptors (Lipinski definition) is 2. The van der Waals surface area contributed by atoms with E-state index in [0.29, 0.717) is 6.04 Å². The summed E-state index contributed by atoms with van der Waals surface area (Å²) in [6, 6.07) is 9.54. The zero-order valence-electron chi connectivity index (χ0n) is 13.0. The molecule has 0 saturated carbocycles. The molecule has 1 atom stereocenters.